The lowest BCUT2D eigenvalue weighted by molar-refractivity contribution is -0.129. The van der Waals surface area contributed by atoms with Crippen LogP contribution in [0.15, 0.2) is 28.7 Å². The number of carbonyl (C=O) groups is 1. The summed E-state index contributed by atoms with van der Waals surface area (Å²) in [4.78, 5) is 15.6. The van der Waals surface area contributed by atoms with E-state index in [9.17, 15) is 4.79 Å². The summed E-state index contributed by atoms with van der Waals surface area (Å²) in [6.07, 6.45) is 2.10. The zero-order valence-corrected chi connectivity index (χ0v) is 12.5. The zero-order chi connectivity index (χ0) is 13.1. The standard InChI is InChI=1S/C14H19BrN2O/c1-11(18)16(2)13-7-9-17(10-8-13)14-5-3-12(15)4-6-14/h3-6,13H,7-10H2,1-2H3. The Morgan fingerprint density at radius 3 is 2.33 bits per heavy atom. The minimum absolute atomic E-state index is 0.164. The molecule has 0 atom stereocenters. The summed E-state index contributed by atoms with van der Waals surface area (Å²) in [5.74, 6) is 0.164. The van der Waals surface area contributed by atoms with Crippen molar-refractivity contribution in [3.63, 3.8) is 0 Å². The topological polar surface area (TPSA) is 23.6 Å². The van der Waals surface area contributed by atoms with Gasteiger partial charge in [-0.15, -0.1) is 0 Å². The van der Waals surface area contributed by atoms with Gasteiger partial charge in [0.2, 0.25) is 5.91 Å². The molecule has 1 aromatic rings. The largest absolute Gasteiger partial charge is 0.371 e. The number of rotatable bonds is 2. The van der Waals surface area contributed by atoms with Crippen LogP contribution in [0.4, 0.5) is 5.69 Å². The summed E-state index contributed by atoms with van der Waals surface area (Å²) in [6, 6.07) is 8.82. The van der Waals surface area contributed by atoms with E-state index in [1.807, 2.05) is 11.9 Å². The highest BCUT2D eigenvalue weighted by Gasteiger charge is 2.23. The van der Waals surface area contributed by atoms with Crippen LogP contribution in [0.25, 0.3) is 0 Å². The van der Waals surface area contributed by atoms with Crippen molar-refractivity contribution in [2.75, 3.05) is 25.0 Å². The van der Waals surface area contributed by atoms with Gasteiger partial charge in [-0.1, -0.05) is 15.9 Å². The molecular formula is C14H19BrN2O. The van der Waals surface area contributed by atoms with Gasteiger partial charge in [-0.2, -0.15) is 0 Å². The predicted molar refractivity (Wildman–Crippen MR) is 77.8 cm³/mol. The first-order chi connectivity index (χ1) is 8.58. The van der Waals surface area contributed by atoms with E-state index in [-0.39, 0.29) is 5.91 Å². The molecule has 1 fully saturated rings. The van der Waals surface area contributed by atoms with E-state index in [1.165, 1.54) is 5.69 Å². The molecule has 1 aromatic carbocycles. The van der Waals surface area contributed by atoms with Gasteiger partial charge in [0.05, 0.1) is 0 Å². The van der Waals surface area contributed by atoms with Crippen LogP contribution in [-0.2, 0) is 4.79 Å². The van der Waals surface area contributed by atoms with Crippen molar-refractivity contribution in [1.29, 1.82) is 0 Å². The fourth-order valence-electron chi connectivity index (χ4n) is 2.42. The summed E-state index contributed by atoms with van der Waals surface area (Å²) < 4.78 is 1.11. The molecule has 1 amide bonds. The summed E-state index contributed by atoms with van der Waals surface area (Å²) in [5, 5.41) is 0. The van der Waals surface area contributed by atoms with Crippen molar-refractivity contribution in [3.05, 3.63) is 28.7 Å². The van der Waals surface area contributed by atoms with Crippen LogP contribution in [0.3, 0.4) is 0 Å². The molecule has 0 aromatic heterocycles. The van der Waals surface area contributed by atoms with Crippen molar-refractivity contribution >= 4 is 27.5 Å². The number of carbonyl (C=O) groups excluding carboxylic acids is 1. The van der Waals surface area contributed by atoms with Crippen LogP contribution in [0.2, 0.25) is 0 Å². The summed E-state index contributed by atoms with van der Waals surface area (Å²) in [6.45, 7) is 3.68. The van der Waals surface area contributed by atoms with Crippen molar-refractivity contribution in [2.45, 2.75) is 25.8 Å². The second kappa shape index (κ2) is 5.74. The normalized spacial score (nSPS) is 16.7. The maximum Gasteiger partial charge on any atom is 0.219 e. The number of benzene rings is 1. The Hall–Kier alpha value is -1.03. The SMILES string of the molecule is CC(=O)N(C)C1CCN(c2ccc(Br)cc2)CC1. The Balaban J connectivity index is 1.94. The highest BCUT2D eigenvalue weighted by atomic mass is 79.9. The van der Waals surface area contributed by atoms with E-state index in [0.717, 1.165) is 30.4 Å². The van der Waals surface area contributed by atoms with Gasteiger partial charge in [0.25, 0.3) is 0 Å². The molecule has 0 bridgehead atoms. The van der Waals surface area contributed by atoms with Gasteiger partial charge in [-0.3, -0.25) is 4.79 Å². The third-order valence-corrected chi connectivity index (χ3v) is 4.23. The summed E-state index contributed by atoms with van der Waals surface area (Å²) in [7, 11) is 1.91. The highest BCUT2D eigenvalue weighted by molar-refractivity contribution is 9.10. The Morgan fingerprint density at radius 2 is 1.83 bits per heavy atom. The maximum absolute atomic E-state index is 11.3. The Bertz CT molecular complexity index is 410. The second-order valence-electron chi connectivity index (χ2n) is 4.82. The van der Waals surface area contributed by atoms with Crippen molar-refractivity contribution in [1.82, 2.24) is 4.90 Å². The highest BCUT2D eigenvalue weighted by Crippen LogP contribution is 2.23. The number of amides is 1. The molecule has 1 aliphatic rings. The predicted octanol–water partition coefficient (Wildman–Crippen LogP) is 2.90. The monoisotopic (exact) mass is 310 g/mol. The maximum atomic E-state index is 11.3. The molecule has 0 N–H and O–H groups in total. The number of hydrogen-bond donors (Lipinski definition) is 0. The molecule has 18 heavy (non-hydrogen) atoms. The zero-order valence-electron chi connectivity index (χ0n) is 10.9. The van der Waals surface area contributed by atoms with E-state index in [1.54, 1.807) is 6.92 Å². The molecule has 0 spiro atoms. The van der Waals surface area contributed by atoms with Gasteiger partial charge < -0.3 is 9.80 Å². The first kappa shape index (κ1) is 13.4. The van der Waals surface area contributed by atoms with Crippen LogP contribution in [-0.4, -0.2) is 37.0 Å². The van der Waals surface area contributed by atoms with E-state index in [4.69, 9.17) is 0 Å². The van der Waals surface area contributed by atoms with Gasteiger partial charge in [0, 0.05) is 43.3 Å². The minimum atomic E-state index is 0.164. The number of halogens is 1. The van der Waals surface area contributed by atoms with E-state index >= 15 is 0 Å². The molecule has 1 heterocycles. The molecule has 0 unspecified atom stereocenters. The lowest BCUT2D eigenvalue weighted by Gasteiger charge is -2.37. The molecular weight excluding hydrogens is 292 g/mol. The lowest BCUT2D eigenvalue weighted by Crippen LogP contribution is -2.45. The quantitative estimate of drug-likeness (QED) is 0.838. The van der Waals surface area contributed by atoms with Crippen LogP contribution >= 0.6 is 15.9 Å². The molecule has 2 rings (SSSR count). The third-order valence-electron chi connectivity index (χ3n) is 3.70. The fourth-order valence-corrected chi connectivity index (χ4v) is 2.68. The molecule has 1 aliphatic heterocycles. The van der Waals surface area contributed by atoms with E-state index < -0.39 is 0 Å². The average Bonchev–Trinajstić information content (AvgIpc) is 2.39. The summed E-state index contributed by atoms with van der Waals surface area (Å²) >= 11 is 3.45. The summed E-state index contributed by atoms with van der Waals surface area (Å²) in [5.41, 5.74) is 1.27. The van der Waals surface area contributed by atoms with Gasteiger partial charge in [-0.05, 0) is 37.1 Å². The second-order valence-corrected chi connectivity index (χ2v) is 5.74. The molecule has 4 heteroatoms. The third kappa shape index (κ3) is 3.05. The first-order valence-corrected chi connectivity index (χ1v) is 7.11. The number of nitrogens with zero attached hydrogens (tertiary/aromatic N) is 2. The molecule has 3 nitrogen and oxygen atoms in total. The van der Waals surface area contributed by atoms with E-state index in [2.05, 4.69) is 45.1 Å². The first-order valence-electron chi connectivity index (χ1n) is 6.32. The molecule has 0 radical (unpaired) electrons. The fraction of sp³-hybridized carbons (Fsp3) is 0.500. The molecule has 1 saturated heterocycles. The molecule has 98 valence electrons. The van der Waals surface area contributed by atoms with Gasteiger partial charge in [0.1, 0.15) is 0 Å². The number of anilines is 1. The van der Waals surface area contributed by atoms with E-state index in [0.29, 0.717) is 6.04 Å². The van der Waals surface area contributed by atoms with Crippen LogP contribution < -0.4 is 4.90 Å². The number of hydrogen-bond acceptors (Lipinski definition) is 2. The van der Waals surface area contributed by atoms with Gasteiger partial charge in [0.15, 0.2) is 0 Å². The van der Waals surface area contributed by atoms with Crippen molar-refractivity contribution in [3.8, 4) is 0 Å². The number of piperidine rings is 1. The van der Waals surface area contributed by atoms with Gasteiger partial charge in [-0.25, -0.2) is 0 Å². The Morgan fingerprint density at radius 1 is 1.28 bits per heavy atom. The van der Waals surface area contributed by atoms with Crippen LogP contribution in [0.1, 0.15) is 19.8 Å². The van der Waals surface area contributed by atoms with Crippen LogP contribution in [0, 0.1) is 0 Å². The van der Waals surface area contributed by atoms with Gasteiger partial charge >= 0.3 is 0 Å². The molecule has 0 aliphatic carbocycles. The smallest absolute Gasteiger partial charge is 0.219 e. The van der Waals surface area contributed by atoms with Crippen molar-refractivity contribution in [2.24, 2.45) is 0 Å². The Kier molecular flexibility index (Phi) is 4.27. The van der Waals surface area contributed by atoms with Crippen LogP contribution in [0.5, 0.6) is 0 Å². The molecule has 0 saturated carbocycles. The van der Waals surface area contributed by atoms with Crippen molar-refractivity contribution < 1.29 is 4.79 Å². The minimum Gasteiger partial charge on any atom is -0.371 e. The lowest BCUT2D eigenvalue weighted by atomic mass is 10.0. The average molecular weight is 311 g/mol. The Labute approximate surface area is 117 Å².